The Hall–Kier alpha value is -2.30. The molecule has 1 aromatic carbocycles. The zero-order valence-corrected chi connectivity index (χ0v) is 13.7. The molecule has 1 heterocycles. The van der Waals surface area contributed by atoms with Crippen LogP contribution >= 0.6 is 0 Å². The number of hydrogen-bond acceptors (Lipinski definition) is 3. The van der Waals surface area contributed by atoms with E-state index in [4.69, 9.17) is 4.74 Å². The van der Waals surface area contributed by atoms with Gasteiger partial charge in [-0.1, -0.05) is 30.3 Å². The van der Waals surface area contributed by atoms with E-state index in [2.05, 4.69) is 5.32 Å². The van der Waals surface area contributed by atoms with Crippen molar-refractivity contribution in [3.05, 3.63) is 41.5 Å². The Morgan fingerprint density at radius 1 is 1.26 bits per heavy atom. The molecule has 1 aliphatic heterocycles. The summed E-state index contributed by atoms with van der Waals surface area (Å²) in [6.45, 7) is 5.23. The van der Waals surface area contributed by atoms with Gasteiger partial charge in [-0.3, -0.25) is 4.79 Å². The molecule has 0 aromatic heterocycles. The Balaban J connectivity index is 1.83. The first-order chi connectivity index (χ1) is 11.1. The summed E-state index contributed by atoms with van der Waals surface area (Å²) in [4.78, 5) is 25.6. The lowest BCUT2D eigenvalue weighted by Crippen LogP contribution is -2.46. The van der Waals surface area contributed by atoms with Gasteiger partial charge in [0.1, 0.15) is 0 Å². The lowest BCUT2D eigenvalue weighted by atomic mass is 10.0. The number of benzene rings is 1. The van der Waals surface area contributed by atoms with Crippen LogP contribution in [0.5, 0.6) is 0 Å². The lowest BCUT2D eigenvalue weighted by molar-refractivity contribution is -0.118. The average Bonchev–Trinajstić information content (AvgIpc) is 2.56. The zero-order chi connectivity index (χ0) is 16.7. The van der Waals surface area contributed by atoms with E-state index in [0.29, 0.717) is 25.3 Å². The van der Waals surface area contributed by atoms with E-state index in [1.54, 1.807) is 11.8 Å². The molecule has 0 spiro atoms. The van der Waals surface area contributed by atoms with Crippen LogP contribution in [0.1, 0.15) is 32.3 Å². The number of nitrogens with zero attached hydrogens (tertiary/aromatic N) is 1. The fourth-order valence-electron chi connectivity index (χ4n) is 2.59. The van der Waals surface area contributed by atoms with Crippen LogP contribution in [-0.2, 0) is 9.53 Å². The van der Waals surface area contributed by atoms with Crippen LogP contribution in [0.3, 0.4) is 0 Å². The molecule has 0 saturated carbocycles. The molecule has 0 aliphatic carbocycles. The summed E-state index contributed by atoms with van der Waals surface area (Å²) in [6.07, 6.45) is 3.12. The quantitative estimate of drug-likeness (QED) is 0.869. The summed E-state index contributed by atoms with van der Waals surface area (Å²) in [5.74, 6) is -0.0524. The first-order valence-corrected chi connectivity index (χ1v) is 8.06. The molecular weight excluding hydrogens is 292 g/mol. The van der Waals surface area contributed by atoms with Crippen molar-refractivity contribution in [2.24, 2.45) is 0 Å². The van der Waals surface area contributed by atoms with Crippen molar-refractivity contribution in [1.29, 1.82) is 0 Å². The molecule has 2 amide bonds. The number of amides is 2. The molecule has 5 heteroatoms. The molecule has 2 rings (SSSR count). The monoisotopic (exact) mass is 316 g/mol. The van der Waals surface area contributed by atoms with Gasteiger partial charge in [-0.2, -0.15) is 0 Å². The molecule has 1 aliphatic rings. The molecule has 5 nitrogen and oxygen atoms in total. The standard InChI is InChI=1S/C18H24N2O3/c1-3-23-18(22)20-11-9-16(10-12-20)19-17(21)14(2)13-15-7-5-4-6-8-15/h4-8,13,16H,3,9-12H2,1-2H3,(H,19,21)/b14-13+. The van der Waals surface area contributed by atoms with Gasteiger partial charge in [0.25, 0.3) is 0 Å². The van der Waals surface area contributed by atoms with Gasteiger partial charge in [-0.05, 0) is 38.3 Å². The highest BCUT2D eigenvalue weighted by molar-refractivity contribution is 5.97. The van der Waals surface area contributed by atoms with E-state index in [1.807, 2.05) is 43.3 Å². The minimum atomic E-state index is -0.266. The van der Waals surface area contributed by atoms with Crippen molar-refractivity contribution in [2.75, 3.05) is 19.7 Å². The molecular formula is C18H24N2O3. The van der Waals surface area contributed by atoms with Gasteiger partial charge < -0.3 is 15.0 Å². The molecule has 23 heavy (non-hydrogen) atoms. The first-order valence-electron chi connectivity index (χ1n) is 8.06. The molecule has 1 N–H and O–H groups in total. The first kappa shape index (κ1) is 17.1. The number of ether oxygens (including phenoxy) is 1. The predicted molar refractivity (Wildman–Crippen MR) is 89.9 cm³/mol. The lowest BCUT2D eigenvalue weighted by Gasteiger charge is -2.31. The highest BCUT2D eigenvalue weighted by atomic mass is 16.6. The number of hydrogen-bond donors (Lipinski definition) is 1. The normalized spacial score (nSPS) is 16.1. The summed E-state index contributed by atoms with van der Waals surface area (Å²) in [5, 5.41) is 3.04. The predicted octanol–water partition coefficient (Wildman–Crippen LogP) is 2.83. The SMILES string of the molecule is CCOC(=O)N1CCC(NC(=O)/C(C)=C/c2ccccc2)CC1. The molecule has 1 aromatic rings. The van der Waals surface area contributed by atoms with E-state index >= 15 is 0 Å². The number of rotatable bonds is 4. The second kappa shape index (κ2) is 8.36. The molecule has 1 fully saturated rings. The zero-order valence-electron chi connectivity index (χ0n) is 13.7. The van der Waals surface area contributed by atoms with Gasteiger partial charge in [-0.25, -0.2) is 4.79 Å². The third-order valence-corrected chi connectivity index (χ3v) is 3.90. The number of nitrogens with one attached hydrogen (secondary N) is 1. The van der Waals surface area contributed by atoms with Crippen LogP contribution in [0.25, 0.3) is 6.08 Å². The Morgan fingerprint density at radius 3 is 2.52 bits per heavy atom. The van der Waals surface area contributed by atoms with Gasteiger partial charge >= 0.3 is 6.09 Å². The minimum Gasteiger partial charge on any atom is -0.450 e. The van der Waals surface area contributed by atoms with Crippen molar-refractivity contribution < 1.29 is 14.3 Å². The smallest absolute Gasteiger partial charge is 0.409 e. The molecule has 0 unspecified atom stereocenters. The largest absolute Gasteiger partial charge is 0.450 e. The van der Waals surface area contributed by atoms with Crippen molar-refractivity contribution in [3.63, 3.8) is 0 Å². The number of piperidine rings is 1. The summed E-state index contributed by atoms with van der Waals surface area (Å²) >= 11 is 0. The second-order valence-corrected chi connectivity index (χ2v) is 5.67. The maximum absolute atomic E-state index is 12.2. The van der Waals surface area contributed by atoms with E-state index in [0.717, 1.165) is 18.4 Å². The summed E-state index contributed by atoms with van der Waals surface area (Å²) < 4.78 is 4.99. The third-order valence-electron chi connectivity index (χ3n) is 3.90. The summed E-state index contributed by atoms with van der Waals surface area (Å²) in [6, 6.07) is 9.88. The van der Waals surface area contributed by atoms with Crippen LogP contribution in [0.15, 0.2) is 35.9 Å². The van der Waals surface area contributed by atoms with E-state index in [-0.39, 0.29) is 18.0 Å². The maximum Gasteiger partial charge on any atom is 0.409 e. The van der Waals surface area contributed by atoms with Gasteiger partial charge in [-0.15, -0.1) is 0 Å². The van der Waals surface area contributed by atoms with Crippen molar-refractivity contribution in [1.82, 2.24) is 10.2 Å². The van der Waals surface area contributed by atoms with Crippen molar-refractivity contribution >= 4 is 18.1 Å². The van der Waals surface area contributed by atoms with Crippen molar-refractivity contribution in [3.8, 4) is 0 Å². The van der Waals surface area contributed by atoms with Gasteiger partial charge in [0.15, 0.2) is 0 Å². The van der Waals surface area contributed by atoms with Crippen LogP contribution < -0.4 is 5.32 Å². The summed E-state index contributed by atoms with van der Waals surface area (Å²) in [5.41, 5.74) is 1.70. The topological polar surface area (TPSA) is 58.6 Å². The van der Waals surface area contributed by atoms with Crippen molar-refractivity contribution in [2.45, 2.75) is 32.7 Å². The van der Waals surface area contributed by atoms with Crippen LogP contribution in [0, 0.1) is 0 Å². The second-order valence-electron chi connectivity index (χ2n) is 5.67. The van der Waals surface area contributed by atoms with Crippen LogP contribution in [-0.4, -0.2) is 42.6 Å². The maximum atomic E-state index is 12.2. The molecule has 0 atom stereocenters. The molecule has 1 saturated heterocycles. The van der Waals surface area contributed by atoms with Gasteiger partial charge in [0.05, 0.1) is 6.61 Å². The average molecular weight is 316 g/mol. The fraction of sp³-hybridized carbons (Fsp3) is 0.444. The minimum absolute atomic E-state index is 0.0524. The van der Waals surface area contributed by atoms with Gasteiger partial charge in [0, 0.05) is 24.7 Å². The fourth-order valence-corrected chi connectivity index (χ4v) is 2.59. The number of carbonyl (C=O) groups excluding carboxylic acids is 2. The molecule has 0 bridgehead atoms. The third kappa shape index (κ3) is 5.13. The number of carbonyl (C=O) groups is 2. The molecule has 0 radical (unpaired) electrons. The Morgan fingerprint density at radius 2 is 1.91 bits per heavy atom. The Labute approximate surface area is 137 Å². The molecule has 124 valence electrons. The Bertz CT molecular complexity index is 561. The van der Waals surface area contributed by atoms with E-state index < -0.39 is 0 Å². The van der Waals surface area contributed by atoms with Crippen LogP contribution in [0.2, 0.25) is 0 Å². The highest BCUT2D eigenvalue weighted by Crippen LogP contribution is 2.13. The van der Waals surface area contributed by atoms with E-state index in [1.165, 1.54) is 0 Å². The van der Waals surface area contributed by atoms with E-state index in [9.17, 15) is 9.59 Å². The summed E-state index contributed by atoms with van der Waals surface area (Å²) in [7, 11) is 0. The highest BCUT2D eigenvalue weighted by Gasteiger charge is 2.24. The Kier molecular flexibility index (Phi) is 6.20. The van der Waals surface area contributed by atoms with Gasteiger partial charge in [0.2, 0.25) is 5.91 Å². The number of likely N-dealkylation sites (tertiary alicyclic amines) is 1. The van der Waals surface area contributed by atoms with Crippen LogP contribution in [0.4, 0.5) is 4.79 Å².